The van der Waals surface area contributed by atoms with Gasteiger partial charge >= 0.3 is 0 Å². The predicted molar refractivity (Wildman–Crippen MR) is 170 cm³/mol. The van der Waals surface area contributed by atoms with E-state index in [9.17, 15) is 34.4 Å². The number of aliphatic hydroxyl groups excluding tert-OH is 4. The van der Waals surface area contributed by atoms with Crippen molar-refractivity contribution in [1.29, 1.82) is 0 Å². The van der Waals surface area contributed by atoms with Crippen LogP contribution in [0.3, 0.4) is 0 Å². The third-order valence-corrected chi connectivity index (χ3v) is 7.64. The third kappa shape index (κ3) is 9.69. The van der Waals surface area contributed by atoms with Gasteiger partial charge in [-0.1, -0.05) is 56.8 Å². The highest BCUT2D eigenvalue weighted by molar-refractivity contribution is 5.90. The second-order valence-corrected chi connectivity index (χ2v) is 11.5. The Bertz CT molecular complexity index is 1360. The van der Waals surface area contributed by atoms with Crippen molar-refractivity contribution in [3.05, 3.63) is 78.3 Å². The highest BCUT2D eigenvalue weighted by atomic mass is 19.1. The number of carbonyl (C=O) groups is 2. The summed E-state index contributed by atoms with van der Waals surface area (Å²) >= 11 is 0. The molecule has 0 saturated carbocycles. The van der Waals surface area contributed by atoms with Gasteiger partial charge in [0.25, 0.3) is 0 Å². The molecule has 0 aliphatic rings. The van der Waals surface area contributed by atoms with Crippen LogP contribution in [0.2, 0.25) is 0 Å². The van der Waals surface area contributed by atoms with Crippen LogP contribution in [-0.2, 0) is 16.1 Å². The summed E-state index contributed by atoms with van der Waals surface area (Å²) in [6.45, 7) is 8.85. The molecular weight excluding hydrogens is 563 g/mol. The molecule has 2 aromatic carbocycles. The van der Waals surface area contributed by atoms with E-state index in [0.717, 1.165) is 33.6 Å². The molecule has 0 radical (unpaired) electrons. The summed E-state index contributed by atoms with van der Waals surface area (Å²) in [5.74, 6) is -0.642. The van der Waals surface area contributed by atoms with Crippen molar-refractivity contribution >= 4 is 18.3 Å². The van der Waals surface area contributed by atoms with Crippen LogP contribution >= 0.6 is 0 Å². The number of benzene rings is 2. The van der Waals surface area contributed by atoms with Gasteiger partial charge in [0.05, 0.1) is 36.5 Å². The predicted octanol–water partition coefficient (Wildman–Crippen LogP) is 4.83. The van der Waals surface area contributed by atoms with E-state index in [0.29, 0.717) is 19.3 Å². The first-order valence-corrected chi connectivity index (χ1v) is 15.2. The van der Waals surface area contributed by atoms with Gasteiger partial charge in [0.1, 0.15) is 12.1 Å². The summed E-state index contributed by atoms with van der Waals surface area (Å²) in [6, 6.07) is 16.3. The average Bonchev–Trinajstić information content (AvgIpc) is 3.31. The van der Waals surface area contributed by atoms with Crippen LogP contribution in [0.15, 0.2) is 61.2 Å². The molecule has 8 nitrogen and oxygen atoms in total. The fourth-order valence-corrected chi connectivity index (χ4v) is 5.62. The molecule has 0 aliphatic heterocycles. The van der Waals surface area contributed by atoms with E-state index >= 15 is 0 Å². The molecular formula is C35H45FN2O6. The second-order valence-electron chi connectivity index (χ2n) is 11.5. The Morgan fingerprint density at radius 2 is 1.55 bits per heavy atom. The lowest BCUT2D eigenvalue weighted by molar-refractivity contribution is -0.123. The number of rotatable bonds is 18. The van der Waals surface area contributed by atoms with Gasteiger partial charge in [-0.25, -0.2) is 4.39 Å². The molecule has 44 heavy (non-hydrogen) atoms. The molecule has 0 aliphatic carbocycles. The summed E-state index contributed by atoms with van der Waals surface area (Å²) in [4.78, 5) is 22.7. The van der Waals surface area contributed by atoms with Gasteiger partial charge in [-0.15, -0.1) is 0 Å². The van der Waals surface area contributed by atoms with Gasteiger partial charge in [0.15, 0.2) is 0 Å². The molecule has 0 fully saturated rings. The topological polar surface area (TPSA) is 132 Å². The van der Waals surface area contributed by atoms with Crippen LogP contribution in [0.1, 0.15) is 69.5 Å². The minimum Gasteiger partial charge on any atom is -0.393 e. The van der Waals surface area contributed by atoms with Crippen LogP contribution in [0.5, 0.6) is 0 Å². The lowest BCUT2D eigenvalue weighted by atomic mass is 9.95. The molecule has 1 amide bonds. The van der Waals surface area contributed by atoms with Gasteiger partial charge < -0.3 is 35.1 Å². The van der Waals surface area contributed by atoms with Crippen molar-refractivity contribution in [3.8, 4) is 22.4 Å². The van der Waals surface area contributed by atoms with E-state index in [-0.39, 0.29) is 50.4 Å². The quantitative estimate of drug-likeness (QED) is 0.132. The van der Waals surface area contributed by atoms with Crippen LogP contribution in [0.25, 0.3) is 28.5 Å². The Kier molecular flexibility index (Phi) is 13.5. The molecule has 5 N–H and O–H groups in total. The van der Waals surface area contributed by atoms with E-state index in [1.165, 1.54) is 12.1 Å². The largest absolute Gasteiger partial charge is 0.393 e. The molecule has 3 rings (SSSR count). The van der Waals surface area contributed by atoms with Crippen molar-refractivity contribution in [3.63, 3.8) is 0 Å². The van der Waals surface area contributed by atoms with E-state index in [1.54, 1.807) is 12.1 Å². The molecule has 238 valence electrons. The molecule has 4 unspecified atom stereocenters. The van der Waals surface area contributed by atoms with Gasteiger partial charge in [-0.05, 0) is 67.0 Å². The van der Waals surface area contributed by atoms with Crippen molar-refractivity contribution < 1.29 is 34.4 Å². The van der Waals surface area contributed by atoms with Gasteiger partial charge in [0.2, 0.25) is 5.91 Å². The monoisotopic (exact) mass is 608 g/mol. The van der Waals surface area contributed by atoms with Crippen LogP contribution < -0.4 is 5.32 Å². The normalized spacial score (nSPS) is 14.2. The Hall–Kier alpha value is -3.63. The van der Waals surface area contributed by atoms with Crippen molar-refractivity contribution in [1.82, 2.24) is 9.88 Å². The maximum atomic E-state index is 13.9. The van der Waals surface area contributed by atoms with Crippen molar-refractivity contribution in [2.75, 3.05) is 6.54 Å². The molecule has 0 bridgehead atoms. The minimum absolute atomic E-state index is 0.00203. The molecule has 0 spiro atoms. The number of nitrogens with zero attached hydrogens (tertiary/aromatic N) is 1. The van der Waals surface area contributed by atoms with Crippen LogP contribution in [0.4, 0.5) is 4.39 Å². The van der Waals surface area contributed by atoms with Crippen molar-refractivity contribution in [2.45, 2.75) is 89.3 Å². The number of halogens is 1. The molecule has 4 atom stereocenters. The molecule has 3 aromatic rings. The van der Waals surface area contributed by atoms with Gasteiger partial charge in [-0.2, -0.15) is 0 Å². The SMILES string of the molecule is C=Cc1c(-c2ccccc2)c(-c2ccc(F)cc2)n(CCC(O)CC(O)CC(=O)NCCC(O)CC(O)CC=O)c1C(C)C. The third-order valence-electron chi connectivity index (χ3n) is 7.64. The summed E-state index contributed by atoms with van der Waals surface area (Å²) in [5.41, 5.74) is 5.70. The standard InChI is InChI=1S/C35H45FN2O6/c1-4-31-33(24-8-6-5-7-9-24)35(25-10-12-26(36)13-11-25)38(34(31)23(2)3)18-15-28(41)21-30(43)22-32(44)37-17-14-27(40)20-29(42)16-19-39/h4-13,19,23,27-30,40-43H,1,14-18,20-22H2,2-3H3,(H,37,44). The number of aldehydes is 1. The fraction of sp³-hybridized carbons (Fsp3) is 0.429. The minimum atomic E-state index is -1.07. The summed E-state index contributed by atoms with van der Waals surface area (Å²) in [5, 5.41) is 43.6. The number of aromatic nitrogens is 1. The zero-order chi connectivity index (χ0) is 32.2. The van der Waals surface area contributed by atoms with E-state index in [4.69, 9.17) is 0 Å². The Balaban J connectivity index is 1.71. The number of amides is 1. The van der Waals surface area contributed by atoms with Gasteiger partial charge in [-0.3, -0.25) is 4.79 Å². The van der Waals surface area contributed by atoms with Crippen LogP contribution in [-0.4, -0.2) is 68.1 Å². The molecule has 0 saturated heterocycles. The summed E-state index contributed by atoms with van der Waals surface area (Å²) in [6.07, 6.45) is -1.06. The van der Waals surface area contributed by atoms with E-state index in [2.05, 4.69) is 30.3 Å². The summed E-state index contributed by atoms with van der Waals surface area (Å²) < 4.78 is 16.1. The smallest absolute Gasteiger partial charge is 0.222 e. The second kappa shape index (κ2) is 17.0. The fourth-order valence-electron chi connectivity index (χ4n) is 5.62. The van der Waals surface area contributed by atoms with Gasteiger partial charge in [0, 0.05) is 36.3 Å². The maximum absolute atomic E-state index is 13.9. The number of carbonyl (C=O) groups excluding carboxylic acids is 2. The maximum Gasteiger partial charge on any atom is 0.222 e. The number of nitrogens with one attached hydrogen (secondary N) is 1. The van der Waals surface area contributed by atoms with Crippen LogP contribution in [0, 0.1) is 5.82 Å². The lowest BCUT2D eigenvalue weighted by Crippen LogP contribution is -2.32. The Morgan fingerprint density at radius 1 is 0.909 bits per heavy atom. The average molecular weight is 609 g/mol. The Labute approximate surface area is 258 Å². The first-order valence-electron chi connectivity index (χ1n) is 15.2. The zero-order valence-corrected chi connectivity index (χ0v) is 25.5. The highest BCUT2D eigenvalue weighted by Gasteiger charge is 2.26. The zero-order valence-electron chi connectivity index (χ0n) is 25.5. The number of hydrogen-bond acceptors (Lipinski definition) is 6. The first-order chi connectivity index (χ1) is 21.0. The Morgan fingerprint density at radius 3 is 2.16 bits per heavy atom. The lowest BCUT2D eigenvalue weighted by Gasteiger charge is -2.20. The first kappa shape index (κ1) is 34.9. The van der Waals surface area contributed by atoms with E-state index in [1.807, 2.05) is 36.4 Å². The highest BCUT2D eigenvalue weighted by Crippen LogP contribution is 2.42. The number of hydrogen-bond donors (Lipinski definition) is 5. The van der Waals surface area contributed by atoms with Crippen molar-refractivity contribution in [2.24, 2.45) is 0 Å². The molecule has 1 aromatic heterocycles. The number of aliphatic hydroxyl groups is 4. The summed E-state index contributed by atoms with van der Waals surface area (Å²) in [7, 11) is 0. The molecule has 1 heterocycles. The van der Waals surface area contributed by atoms with E-state index < -0.39 is 30.3 Å². The molecule has 9 heteroatoms.